The maximum Gasteiger partial charge on any atom is 0.308 e. The van der Waals surface area contributed by atoms with E-state index in [1.54, 1.807) is 91.4 Å². The Morgan fingerprint density at radius 1 is 0.247 bits per heavy atom. The van der Waals surface area contributed by atoms with Crippen LogP contribution in [0, 0.1) is 0 Å². The Morgan fingerprint density at radius 2 is 0.407 bits per heavy atom. The molecule has 3 heterocycles. The quantitative estimate of drug-likeness (QED) is 0.0694. The Bertz CT molecular complexity index is 2950. The highest BCUT2D eigenvalue weighted by Crippen LogP contribution is 2.36. The number of hydrogen-bond acceptors (Lipinski definition) is 15. The van der Waals surface area contributed by atoms with Crippen LogP contribution in [0.1, 0.15) is 110 Å². The van der Waals surface area contributed by atoms with Gasteiger partial charge in [0, 0.05) is 60.1 Å². The highest BCUT2D eigenvalue weighted by Gasteiger charge is 2.22. The van der Waals surface area contributed by atoms with Crippen molar-refractivity contribution in [2.24, 2.45) is 0 Å². The van der Waals surface area contributed by atoms with Crippen LogP contribution in [0.2, 0.25) is 0 Å². The van der Waals surface area contributed by atoms with E-state index in [-0.39, 0.29) is 53.6 Å². The zero-order valence-corrected chi connectivity index (χ0v) is 45.3. The van der Waals surface area contributed by atoms with Crippen LogP contribution in [0.3, 0.4) is 0 Å². The van der Waals surface area contributed by atoms with Crippen LogP contribution in [0.5, 0.6) is 34.5 Å². The number of carbonyl (C=O) groups excluding carboxylic acids is 6. The van der Waals surface area contributed by atoms with Gasteiger partial charge in [-0.2, -0.15) is 0 Å². The second kappa shape index (κ2) is 28.8. The van der Waals surface area contributed by atoms with Gasteiger partial charge in [0.25, 0.3) is 0 Å². The molecule has 0 bridgehead atoms. The first kappa shape index (κ1) is 58.3. The van der Waals surface area contributed by atoms with Crippen molar-refractivity contribution in [2.45, 2.75) is 59.3 Å². The number of pyridine rings is 3. The smallest absolute Gasteiger partial charge is 0.308 e. The number of hydrogen-bond donors (Lipinski definition) is 0. The topological polar surface area (TPSA) is 196 Å². The van der Waals surface area contributed by atoms with E-state index in [0.717, 1.165) is 50.5 Å². The predicted molar refractivity (Wildman–Crippen MR) is 302 cm³/mol. The largest absolute Gasteiger partial charge is 0.427 e. The molecule has 0 unspecified atom stereocenters. The molecular weight excluding hydrogens is 1030 g/mol. The fourth-order valence-corrected chi connectivity index (χ4v) is 8.61. The van der Waals surface area contributed by atoms with E-state index >= 15 is 0 Å². The van der Waals surface area contributed by atoms with Crippen LogP contribution in [-0.4, -0.2) is 50.8 Å². The van der Waals surface area contributed by atoms with Gasteiger partial charge in [-0.05, 0) is 143 Å². The lowest BCUT2D eigenvalue weighted by molar-refractivity contribution is -0.132. The number of ether oxygens (including phenoxy) is 6. The molecule has 0 saturated heterocycles. The first-order valence-electron chi connectivity index (χ1n) is 25.5. The molecule has 0 radical (unpaired) electrons. The van der Waals surface area contributed by atoms with Gasteiger partial charge in [0.15, 0.2) is 0 Å². The Hall–Kier alpha value is -10.4. The van der Waals surface area contributed by atoms with Crippen molar-refractivity contribution in [3.63, 3.8) is 0 Å². The third-order valence-corrected chi connectivity index (χ3v) is 11.8. The molecule has 6 aromatic carbocycles. The Balaban J connectivity index is 0.000000175. The van der Waals surface area contributed by atoms with Crippen molar-refractivity contribution in [2.75, 3.05) is 0 Å². The van der Waals surface area contributed by atoms with Crippen molar-refractivity contribution >= 4 is 35.8 Å². The third-order valence-electron chi connectivity index (χ3n) is 11.8. The van der Waals surface area contributed by atoms with Gasteiger partial charge in [-0.15, -0.1) is 0 Å². The van der Waals surface area contributed by atoms with Gasteiger partial charge < -0.3 is 28.4 Å². The van der Waals surface area contributed by atoms with Crippen molar-refractivity contribution in [1.29, 1.82) is 0 Å². The molecule has 9 rings (SSSR count). The lowest BCUT2D eigenvalue weighted by Gasteiger charge is -2.18. The average molecular weight is 1080 g/mol. The van der Waals surface area contributed by atoms with Crippen LogP contribution in [-0.2, 0) is 28.8 Å². The summed E-state index contributed by atoms with van der Waals surface area (Å²) in [6.45, 7) is 8.22. The minimum Gasteiger partial charge on any atom is -0.427 e. The fraction of sp³-hybridized carbons (Fsp3) is 0.136. The Morgan fingerprint density at radius 3 is 0.531 bits per heavy atom. The summed E-state index contributed by atoms with van der Waals surface area (Å²) in [7, 11) is 0. The number of aromatic nitrogens is 3. The standard InChI is InChI=1S/3C22H19NO4/c3*1-15(24)26-19-10-6-17(7-11-19)22(21-5-3-4-14-23-21)18-8-12-20(13-9-18)27-16(2)25/h3*3-14,22H,1-2H3. The molecule has 0 atom stereocenters. The van der Waals surface area contributed by atoms with Gasteiger partial charge >= 0.3 is 35.8 Å². The molecule has 0 aliphatic carbocycles. The van der Waals surface area contributed by atoms with E-state index in [2.05, 4.69) is 15.0 Å². The molecular formula is C66H57N3O12. The van der Waals surface area contributed by atoms with E-state index in [1.807, 2.05) is 127 Å². The van der Waals surface area contributed by atoms with Crippen molar-refractivity contribution in [3.05, 3.63) is 269 Å². The average Bonchev–Trinajstić information content (AvgIpc) is 3.50. The van der Waals surface area contributed by atoms with Crippen molar-refractivity contribution in [1.82, 2.24) is 15.0 Å². The molecule has 15 nitrogen and oxygen atoms in total. The lowest BCUT2D eigenvalue weighted by Crippen LogP contribution is -2.07. The molecule has 0 N–H and O–H groups in total. The van der Waals surface area contributed by atoms with E-state index in [9.17, 15) is 28.8 Å². The summed E-state index contributed by atoms with van der Waals surface area (Å²) in [5.74, 6) is 0.518. The molecule has 0 saturated carbocycles. The maximum absolute atomic E-state index is 11.1. The highest BCUT2D eigenvalue weighted by atomic mass is 16.6. The molecule has 0 aliphatic heterocycles. The van der Waals surface area contributed by atoms with Gasteiger partial charge in [-0.25, -0.2) is 0 Å². The molecule has 0 amide bonds. The maximum atomic E-state index is 11.1. The normalized spacial score (nSPS) is 10.5. The van der Waals surface area contributed by atoms with Crippen molar-refractivity contribution in [3.8, 4) is 34.5 Å². The summed E-state index contributed by atoms with van der Waals surface area (Å²) in [6.07, 6.45) is 5.26. The number of carbonyl (C=O) groups is 6. The minimum absolute atomic E-state index is 0.107. The van der Waals surface area contributed by atoms with E-state index in [0.29, 0.717) is 34.5 Å². The van der Waals surface area contributed by atoms with Gasteiger partial charge in [-0.3, -0.25) is 43.7 Å². The first-order valence-corrected chi connectivity index (χ1v) is 25.5. The number of esters is 6. The highest BCUT2D eigenvalue weighted by molar-refractivity contribution is 5.72. The number of nitrogens with zero attached hydrogens (tertiary/aromatic N) is 3. The number of rotatable bonds is 15. The van der Waals surface area contributed by atoms with Crippen molar-refractivity contribution < 1.29 is 57.2 Å². The van der Waals surface area contributed by atoms with Crippen LogP contribution < -0.4 is 28.4 Å². The van der Waals surface area contributed by atoms with Gasteiger partial charge in [0.05, 0.1) is 34.8 Å². The van der Waals surface area contributed by atoms with E-state index < -0.39 is 0 Å². The Kier molecular flexibility index (Phi) is 20.7. The molecule has 408 valence electrons. The summed E-state index contributed by atoms with van der Waals surface area (Å²) in [5.41, 5.74) is 8.69. The van der Waals surface area contributed by atoms with E-state index in [1.165, 1.54) is 41.5 Å². The molecule has 81 heavy (non-hydrogen) atoms. The minimum atomic E-state index is -0.356. The summed E-state index contributed by atoms with van der Waals surface area (Å²) in [5, 5.41) is 0. The second-order valence-corrected chi connectivity index (χ2v) is 18.0. The zero-order chi connectivity index (χ0) is 57.7. The molecule has 0 spiro atoms. The van der Waals surface area contributed by atoms with E-state index in [4.69, 9.17) is 28.4 Å². The van der Waals surface area contributed by atoms with Crippen LogP contribution in [0.4, 0.5) is 0 Å². The lowest BCUT2D eigenvalue weighted by atomic mass is 9.88. The molecule has 3 aromatic heterocycles. The third kappa shape index (κ3) is 17.8. The second-order valence-electron chi connectivity index (χ2n) is 18.0. The monoisotopic (exact) mass is 1080 g/mol. The Labute approximate surface area is 469 Å². The summed E-state index contributed by atoms with van der Waals surface area (Å²) in [6, 6.07) is 61.5. The number of benzene rings is 6. The molecule has 9 aromatic rings. The molecule has 15 heteroatoms. The SMILES string of the molecule is CC(=O)Oc1ccc(C(c2ccc(OC(C)=O)cc2)c2ccccn2)cc1.CC(=O)Oc1ccc(C(c2ccc(OC(C)=O)cc2)c2ccccn2)cc1.CC(=O)Oc1ccc(C(c2ccc(OC(C)=O)cc2)c2ccccn2)cc1. The van der Waals surface area contributed by atoms with Gasteiger partial charge in [0.1, 0.15) is 34.5 Å². The molecule has 0 aliphatic rings. The van der Waals surface area contributed by atoms with Crippen LogP contribution in [0.15, 0.2) is 219 Å². The van der Waals surface area contributed by atoms with Gasteiger partial charge in [-0.1, -0.05) is 91.0 Å². The van der Waals surface area contributed by atoms with Gasteiger partial charge in [0.2, 0.25) is 0 Å². The first-order chi connectivity index (χ1) is 39.1. The molecule has 0 fully saturated rings. The van der Waals surface area contributed by atoms with Crippen LogP contribution in [0.25, 0.3) is 0 Å². The van der Waals surface area contributed by atoms with Crippen LogP contribution >= 0.6 is 0 Å². The predicted octanol–water partition coefficient (Wildman–Crippen LogP) is 12.3. The summed E-state index contributed by atoms with van der Waals surface area (Å²) >= 11 is 0. The summed E-state index contributed by atoms with van der Waals surface area (Å²) < 4.78 is 30.7. The zero-order valence-electron chi connectivity index (χ0n) is 45.3. The summed E-state index contributed by atoms with van der Waals surface area (Å²) in [4.78, 5) is 80.2. The fourth-order valence-electron chi connectivity index (χ4n) is 8.61.